The smallest absolute Gasteiger partial charge is 0.266 e. The van der Waals surface area contributed by atoms with Gasteiger partial charge < -0.3 is 4.98 Å². The molecule has 0 saturated carbocycles. The van der Waals surface area contributed by atoms with Crippen LogP contribution in [0.25, 0.3) is 11.1 Å². The molecule has 20 heavy (non-hydrogen) atoms. The average Bonchev–Trinajstić information content (AvgIpc) is 2.35. The van der Waals surface area contributed by atoms with Gasteiger partial charge in [0.25, 0.3) is 5.56 Å². The minimum absolute atomic E-state index is 0.0550. The van der Waals surface area contributed by atoms with E-state index < -0.39 is 17.2 Å². The van der Waals surface area contributed by atoms with E-state index >= 15 is 0 Å². The molecule has 0 amide bonds. The second-order valence-electron chi connectivity index (χ2n) is 4.34. The summed E-state index contributed by atoms with van der Waals surface area (Å²) in [5, 5.41) is 8.86. The van der Waals surface area contributed by atoms with Crippen LogP contribution in [-0.2, 0) is 0 Å². The minimum Gasteiger partial charge on any atom is -0.325 e. The van der Waals surface area contributed by atoms with Crippen LogP contribution in [0, 0.1) is 36.8 Å². The lowest BCUT2D eigenvalue weighted by Crippen LogP contribution is -2.13. The largest absolute Gasteiger partial charge is 0.325 e. The summed E-state index contributed by atoms with van der Waals surface area (Å²) >= 11 is 5.87. The molecule has 0 aliphatic carbocycles. The van der Waals surface area contributed by atoms with Gasteiger partial charge >= 0.3 is 0 Å². The molecule has 0 aliphatic heterocycles. The molecule has 3 nitrogen and oxygen atoms in total. The number of aromatic nitrogens is 1. The molecular formula is C14H9ClF2N2O. The molecule has 1 aromatic carbocycles. The van der Waals surface area contributed by atoms with Gasteiger partial charge in [-0.1, -0.05) is 11.6 Å². The average molecular weight is 295 g/mol. The van der Waals surface area contributed by atoms with Crippen LogP contribution in [0.4, 0.5) is 8.78 Å². The number of nitrogens with one attached hydrogen (secondary N) is 1. The zero-order valence-electron chi connectivity index (χ0n) is 10.6. The topological polar surface area (TPSA) is 56.6 Å². The fraction of sp³-hybridized carbons (Fsp3) is 0.143. The second kappa shape index (κ2) is 5.06. The molecule has 1 N–H and O–H groups in total. The minimum atomic E-state index is -0.878. The van der Waals surface area contributed by atoms with E-state index in [9.17, 15) is 13.6 Å². The Morgan fingerprint density at radius 2 is 1.95 bits per heavy atom. The van der Waals surface area contributed by atoms with Crippen molar-refractivity contribution < 1.29 is 8.78 Å². The van der Waals surface area contributed by atoms with Crippen molar-refractivity contribution in [1.29, 1.82) is 5.26 Å². The zero-order chi connectivity index (χ0) is 15.0. The number of nitrogens with zero attached hydrogens (tertiary/aromatic N) is 1. The summed E-state index contributed by atoms with van der Waals surface area (Å²) in [6, 6.07) is 4.11. The van der Waals surface area contributed by atoms with Crippen molar-refractivity contribution in [2.24, 2.45) is 0 Å². The summed E-state index contributed by atoms with van der Waals surface area (Å²) in [7, 11) is 0. The number of nitriles is 1. The number of hydrogen-bond donors (Lipinski definition) is 1. The Balaban J connectivity index is 2.93. The summed E-state index contributed by atoms with van der Waals surface area (Å²) in [5.74, 6) is -1.66. The summed E-state index contributed by atoms with van der Waals surface area (Å²) in [4.78, 5) is 14.2. The number of hydrogen-bond acceptors (Lipinski definition) is 2. The number of H-pyrrole nitrogens is 1. The fourth-order valence-electron chi connectivity index (χ4n) is 1.93. The molecule has 0 spiro atoms. The first kappa shape index (κ1) is 14.2. The number of pyridine rings is 1. The van der Waals surface area contributed by atoms with Gasteiger partial charge in [-0.15, -0.1) is 0 Å². The van der Waals surface area contributed by atoms with Gasteiger partial charge in [-0.2, -0.15) is 5.26 Å². The molecule has 1 aromatic heterocycles. The lowest BCUT2D eigenvalue weighted by atomic mass is 9.98. The highest BCUT2D eigenvalue weighted by atomic mass is 35.5. The molecule has 0 radical (unpaired) electrons. The van der Waals surface area contributed by atoms with Crippen molar-refractivity contribution in [2.75, 3.05) is 0 Å². The van der Waals surface area contributed by atoms with Crippen molar-refractivity contribution in [3.05, 3.63) is 56.0 Å². The lowest BCUT2D eigenvalue weighted by Gasteiger charge is -2.11. The molecular weight excluding hydrogens is 286 g/mol. The van der Waals surface area contributed by atoms with Gasteiger partial charge in [-0.05, 0) is 26.0 Å². The van der Waals surface area contributed by atoms with Gasteiger partial charge in [-0.25, -0.2) is 8.78 Å². The van der Waals surface area contributed by atoms with E-state index in [2.05, 4.69) is 4.98 Å². The zero-order valence-corrected chi connectivity index (χ0v) is 11.4. The molecule has 0 atom stereocenters. The maximum absolute atomic E-state index is 14.2. The van der Waals surface area contributed by atoms with Crippen molar-refractivity contribution in [3.63, 3.8) is 0 Å². The van der Waals surface area contributed by atoms with Crippen LogP contribution in [0.2, 0.25) is 5.02 Å². The van der Waals surface area contributed by atoms with Gasteiger partial charge in [0.2, 0.25) is 0 Å². The van der Waals surface area contributed by atoms with Gasteiger partial charge in [0, 0.05) is 22.4 Å². The standard InChI is InChI=1S/C14H9ClF2N2O/c1-6-3-8(9(5-18)14(20)19-6)12-10(15)4-11(16)7(2)13(12)17/h3-4H,1-2H3,(H,19,20). The second-order valence-corrected chi connectivity index (χ2v) is 4.74. The Labute approximate surface area is 118 Å². The highest BCUT2D eigenvalue weighted by Gasteiger charge is 2.20. The Morgan fingerprint density at radius 1 is 1.30 bits per heavy atom. The van der Waals surface area contributed by atoms with Gasteiger partial charge in [0.1, 0.15) is 23.3 Å². The number of halogens is 3. The molecule has 1 heterocycles. The van der Waals surface area contributed by atoms with Gasteiger partial charge in [0.15, 0.2) is 0 Å². The first-order valence-electron chi connectivity index (χ1n) is 5.65. The van der Waals surface area contributed by atoms with Crippen LogP contribution in [0.1, 0.15) is 16.8 Å². The van der Waals surface area contributed by atoms with Crippen LogP contribution in [0.5, 0.6) is 0 Å². The third kappa shape index (κ3) is 2.19. The van der Waals surface area contributed by atoms with Crippen molar-refractivity contribution in [1.82, 2.24) is 4.98 Å². The highest BCUT2D eigenvalue weighted by Crippen LogP contribution is 2.34. The fourth-order valence-corrected chi connectivity index (χ4v) is 2.21. The molecule has 0 fully saturated rings. The Kier molecular flexibility index (Phi) is 3.60. The van der Waals surface area contributed by atoms with E-state index in [1.54, 1.807) is 13.0 Å². The SMILES string of the molecule is Cc1cc(-c2c(Cl)cc(F)c(C)c2F)c(C#N)c(=O)[nH]1. The third-order valence-corrected chi connectivity index (χ3v) is 3.25. The number of aromatic amines is 1. The van der Waals surface area contributed by atoms with E-state index in [-0.39, 0.29) is 27.3 Å². The van der Waals surface area contributed by atoms with E-state index in [1.807, 2.05) is 0 Å². The molecule has 0 bridgehead atoms. The Bertz CT molecular complexity index is 806. The predicted octanol–water partition coefficient (Wildman–Crippen LogP) is 3.46. The summed E-state index contributed by atoms with van der Waals surface area (Å²) in [6.45, 7) is 2.85. The van der Waals surface area contributed by atoms with Crippen LogP contribution in [-0.4, -0.2) is 4.98 Å². The van der Waals surface area contributed by atoms with E-state index in [4.69, 9.17) is 16.9 Å². The van der Waals surface area contributed by atoms with E-state index in [1.165, 1.54) is 13.0 Å². The quantitative estimate of drug-likeness (QED) is 0.875. The predicted molar refractivity (Wildman–Crippen MR) is 71.6 cm³/mol. The lowest BCUT2D eigenvalue weighted by molar-refractivity contribution is 0.570. The third-order valence-electron chi connectivity index (χ3n) is 2.95. The molecule has 2 aromatic rings. The van der Waals surface area contributed by atoms with E-state index in [0.717, 1.165) is 6.07 Å². The van der Waals surface area contributed by atoms with Crippen molar-refractivity contribution in [3.8, 4) is 17.2 Å². The van der Waals surface area contributed by atoms with Gasteiger partial charge in [0.05, 0.1) is 5.02 Å². The molecule has 102 valence electrons. The Hall–Kier alpha value is -2.19. The maximum Gasteiger partial charge on any atom is 0.266 e. The van der Waals surface area contributed by atoms with Gasteiger partial charge in [-0.3, -0.25) is 4.79 Å². The Morgan fingerprint density at radius 3 is 2.55 bits per heavy atom. The normalized spacial score (nSPS) is 10.4. The number of aryl methyl sites for hydroxylation is 1. The maximum atomic E-state index is 14.2. The van der Waals surface area contributed by atoms with Crippen molar-refractivity contribution in [2.45, 2.75) is 13.8 Å². The number of rotatable bonds is 1. The molecule has 0 saturated heterocycles. The summed E-state index contributed by atoms with van der Waals surface area (Å²) in [5.41, 5.74) is -0.759. The first-order chi connectivity index (χ1) is 9.36. The molecule has 0 aliphatic rings. The van der Waals surface area contributed by atoms with Crippen LogP contribution in [0.15, 0.2) is 16.9 Å². The molecule has 6 heteroatoms. The number of benzene rings is 1. The molecule has 2 rings (SSSR count). The monoisotopic (exact) mass is 294 g/mol. The molecule has 0 unspecified atom stereocenters. The van der Waals surface area contributed by atoms with Crippen molar-refractivity contribution >= 4 is 11.6 Å². The van der Waals surface area contributed by atoms with Crippen LogP contribution >= 0.6 is 11.6 Å². The first-order valence-corrected chi connectivity index (χ1v) is 6.03. The van der Waals surface area contributed by atoms with Crippen LogP contribution in [0.3, 0.4) is 0 Å². The highest BCUT2D eigenvalue weighted by molar-refractivity contribution is 6.33. The summed E-state index contributed by atoms with van der Waals surface area (Å²) in [6.07, 6.45) is 0. The van der Waals surface area contributed by atoms with Crippen LogP contribution < -0.4 is 5.56 Å². The van der Waals surface area contributed by atoms with E-state index in [0.29, 0.717) is 5.69 Å². The summed E-state index contributed by atoms with van der Waals surface area (Å²) < 4.78 is 27.7.